The minimum atomic E-state index is 0.304. The highest BCUT2D eigenvalue weighted by atomic mass is 16.5. The van der Waals surface area contributed by atoms with Gasteiger partial charge in [0.05, 0.1) is 18.3 Å². The molecule has 1 aliphatic heterocycles. The second-order valence-corrected chi connectivity index (χ2v) is 9.45. The number of hydrogen-bond donors (Lipinski definition) is 1. The summed E-state index contributed by atoms with van der Waals surface area (Å²) >= 11 is 0. The number of benzene rings is 3. The quantitative estimate of drug-likeness (QED) is 0.311. The molecule has 2 nitrogen and oxygen atoms in total. The summed E-state index contributed by atoms with van der Waals surface area (Å²) in [4.78, 5) is 0. The van der Waals surface area contributed by atoms with Crippen molar-refractivity contribution < 1.29 is 4.74 Å². The molecule has 1 aliphatic carbocycles. The molecule has 3 aromatic carbocycles. The van der Waals surface area contributed by atoms with Crippen LogP contribution < -0.4 is 10.1 Å². The van der Waals surface area contributed by atoms with E-state index < -0.39 is 0 Å². The summed E-state index contributed by atoms with van der Waals surface area (Å²) in [7, 11) is 0. The fraction of sp³-hybridized carbons (Fsp3) is 0.333. The first-order valence-corrected chi connectivity index (χ1v) is 12.0. The number of para-hydroxylation sites is 1. The smallest absolute Gasteiger partial charge is 0.142 e. The third-order valence-corrected chi connectivity index (χ3v) is 7.03. The van der Waals surface area contributed by atoms with Crippen LogP contribution in [-0.2, 0) is 6.42 Å². The SMILES string of the molecule is CC(C)c1ccc(C2Nc3c(OCCCc4ccccc4)cccc3C3C=CCC32)cc1. The number of allylic oxidation sites excluding steroid dienone is 2. The van der Waals surface area contributed by atoms with Gasteiger partial charge >= 0.3 is 0 Å². The van der Waals surface area contributed by atoms with Crippen LogP contribution >= 0.6 is 0 Å². The molecule has 3 unspecified atom stereocenters. The van der Waals surface area contributed by atoms with E-state index in [0.717, 1.165) is 31.6 Å². The van der Waals surface area contributed by atoms with E-state index in [1.807, 2.05) is 0 Å². The minimum Gasteiger partial charge on any atom is -0.491 e. The summed E-state index contributed by atoms with van der Waals surface area (Å²) in [5, 5.41) is 3.90. The van der Waals surface area contributed by atoms with E-state index in [9.17, 15) is 0 Å². The van der Waals surface area contributed by atoms with Crippen molar-refractivity contribution in [3.8, 4) is 5.75 Å². The van der Waals surface area contributed by atoms with Crippen LogP contribution in [0.3, 0.4) is 0 Å². The van der Waals surface area contributed by atoms with Crippen molar-refractivity contribution >= 4 is 5.69 Å². The van der Waals surface area contributed by atoms with Crippen molar-refractivity contribution in [3.63, 3.8) is 0 Å². The lowest BCUT2D eigenvalue weighted by Crippen LogP contribution is -2.29. The Balaban J connectivity index is 1.35. The fourth-order valence-corrected chi connectivity index (χ4v) is 5.23. The predicted molar refractivity (Wildman–Crippen MR) is 134 cm³/mol. The first kappa shape index (κ1) is 20.9. The highest BCUT2D eigenvalue weighted by Crippen LogP contribution is 2.52. The molecule has 0 saturated carbocycles. The lowest BCUT2D eigenvalue weighted by atomic mass is 9.76. The van der Waals surface area contributed by atoms with E-state index in [4.69, 9.17) is 4.74 Å². The molecule has 0 spiro atoms. The maximum absolute atomic E-state index is 6.32. The highest BCUT2D eigenvalue weighted by molar-refractivity contribution is 5.67. The van der Waals surface area contributed by atoms with Gasteiger partial charge in [0, 0.05) is 5.92 Å². The summed E-state index contributed by atoms with van der Waals surface area (Å²) in [5.41, 5.74) is 6.69. The Bertz CT molecular complexity index is 1070. The number of hydrogen-bond acceptors (Lipinski definition) is 2. The van der Waals surface area contributed by atoms with Gasteiger partial charge in [0.25, 0.3) is 0 Å². The van der Waals surface area contributed by atoms with Gasteiger partial charge in [-0.2, -0.15) is 0 Å². The van der Waals surface area contributed by atoms with Crippen LogP contribution in [0.4, 0.5) is 5.69 Å². The number of fused-ring (bicyclic) bond motifs is 3. The van der Waals surface area contributed by atoms with Gasteiger partial charge in [-0.15, -0.1) is 0 Å². The van der Waals surface area contributed by atoms with E-state index in [0.29, 0.717) is 23.8 Å². The van der Waals surface area contributed by atoms with Crippen molar-refractivity contribution in [1.29, 1.82) is 0 Å². The lowest BCUT2D eigenvalue weighted by molar-refractivity contribution is 0.309. The van der Waals surface area contributed by atoms with E-state index >= 15 is 0 Å². The Morgan fingerprint density at radius 1 is 0.938 bits per heavy atom. The standard InChI is InChI=1S/C30H33NO/c1-21(2)23-16-18-24(19-17-23)29-26-13-6-12-25(26)27-14-7-15-28(30(27)31-29)32-20-8-11-22-9-4-3-5-10-22/h3-7,9-10,12,14-19,21,25-26,29,31H,8,11,13,20H2,1-2H3. The van der Waals surface area contributed by atoms with Gasteiger partial charge in [-0.1, -0.05) is 92.7 Å². The minimum absolute atomic E-state index is 0.304. The molecule has 3 aromatic rings. The van der Waals surface area contributed by atoms with Crippen LogP contribution in [0.1, 0.15) is 66.8 Å². The molecular weight excluding hydrogens is 390 g/mol. The van der Waals surface area contributed by atoms with Crippen LogP contribution in [-0.4, -0.2) is 6.61 Å². The molecule has 0 amide bonds. The fourth-order valence-electron chi connectivity index (χ4n) is 5.23. The first-order valence-electron chi connectivity index (χ1n) is 12.0. The largest absolute Gasteiger partial charge is 0.491 e. The third-order valence-electron chi connectivity index (χ3n) is 7.03. The van der Waals surface area contributed by atoms with E-state index in [2.05, 4.69) is 104 Å². The molecule has 5 rings (SSSR count). The molecule has 2 heteroatoms. The summed E-state index contributed by atoms with van der Waals surface area (Å²) in [6.45, 7) is 5.23. The van der Waals surface area contributed by atoms with Gasteiger partial charge in [-0.05, 0) is 59.4 Å². The third kappa shape index (κ3) is 4.19. The summed E-state index contributed by atoms with van der Waals surface area (Å²) < 4.78 is 6.32. The van der Waals surface area contributed by atoms with Crippen LogP contribution in [0.25, 0.3) is 0 Å². The second kappa shape index (κ2) is 9.24. The van der Waals surface area contributed by atoms with Crippen molar-refractivity contribution in [3.05, 3.63) is 107 Å². The molecular formula is C30H33NO. The summed E-state index contributed by atoms with van der Waals surface area (Å²) in [5.74, 6) is 2.55. The summed E-state index contributed by atoms with van der Waals surface area (Å²) in [6, 6.07) is 26.7. The number of anilines is 1. The van der Waals surface area contributed by atoms with Crippen LogP contribution in [0.15, 0.2) is 84.9 Å². The first-order chi connectivity index (χ1) is 15.7. The molecule has 1 N–H and O–H groups in total. The highest BCUT2D eigenvalue weighted by Gasteiger charge is 2.38. The molecule has 0 fully saturated rings. The molecule has 0 aromatic heterocycles. The average Bonchev–Trinajstić information content (AvgIpc) is 3.32. The zero-order valence-electron chi connectivity index (χ0n) is 19.1. The molecule has 164 valence electrons. The average molecular weight is 424 g/mol. The number of aryl methyl sites for hydroxylation is 1. The molecule has 0 radical (unpaired) electrons. The number of nitrogens with one attached hydrogen (secondary N) is 1. The van der Waals surface area contributed by atoms with Crippen molar-refractivity contribution in [2.75, 3.05) is 11.9 Å². The van der Waals surface area contributed by atoms with E-state index in [-0.39, 0.29) is 0 Å². The molecule has 1 heterocycles. The maximum atomic E-state index is 6.32. The molecule has 3 atom stereocenters. The van der Waals surface area contributed by atoms with E-state index in [1.165, 1.54) is 27.9 Å². The van der Waals surface area contributed by atoms with Crippen molar-refractivity contribution in [1.82, 2.24) is 0 Å². The van der Waals surface area contributed by atoms with E-state index in [1.54, 1.807) is 0 Å². The monoisotopic (exact) mass is 423 g/mol. The lowest BCUT2D eigenvalue weighted by Gasteiger charge is -2.38. The van der Waals surface area contributed by atoms with Crippen molar-refractivity contribution in [2.45, 2.75) is 51.0 Å². The van der Waals surface area contributed by atoms with Gasteiger partial charge in [0.1, 0.15) is 5.75 Å². The molecule has 2 aliphatic rings. The van der Waals surface area contributed by atoms with Crippen LogP contribution in [0.2, 0.25) is 0 Å². The number of rotatable bonds is 7. The molecule has 32 heavy (non-hydrogen) atoms. The number of ether oxygens (including phenoxy) is 1. The molecule has 0 bridgehead atoms. The normalized spacial score (nSPS) is 21.2. The Labute approximate surface area is 192 Å². The Hall–Kier alpha value is -3.00. The second-order valence-electron chi connectivity index (χ2n) is 9.45. The maximum Gasteiger partial charge on any atom is 0.142 e. The molecule has 0 saturated heterocycles. The van der Waals surface area contributed by atoms with Gasteiger partial charge in [0.15, 0.2) is 0 Å². The Morgan fingerprint density at radius 2 is 1.75 bits per heavy atom. The zero-order chi connectivity index (χ0) is 21.9. The van der Waals surface area contributed by atoms with Crippen LogP contribution in [0.5, 0.6) is 5.75 Å². The zero-order valence-corrected chi connectivity index (χ0v) is 19.1. The van der Waals surface area contributed by atoms with Gasteiger partial charge in [-0.3, -0.25) is 0 Å². The van der Waals surface area contributed by atoms with Crippen LogP contribution in [0, 0.1) is 5.92 Å². The predicted octanol–water partition coefficient (Wildman–Crippen LogP) is 7.65. The summed E-state index contributed by atoms with van der Waals surface area (Å²) in [6.07, 6.45) is 7.94. The van der Waals surface area contributed by atoms with Gasteiger partial charge in [0.2, 0.25) is 0 Å². The van der Waals surface area contributed by atoms with Gasteiger partial charge in [-0.25, -0.2) is 0 Å². The Morgan fingerprint density at radius 3 is 2.53 bits per heavy atom. The topological polar surface area (TPSA) is 21.3 Å². The van der Waals surface area contributed by atoms with Gasteiger partial charge < -0.3 is 10.1 Å². The van der Waals surface area contributed by atoms with Crippen molar-refractivity contribution in [2.24, 2.45) is 5.92 Å². The Kier molecular flexibility index (Phi) is 6.03.